The van der Waals surface area contributed by atoms with Crippen LogP contribution in [0.5, 0.6) is 0 Å². The monoisotopic (exact) mass is 342 g/mol. The molecule has 1 unspecified atom stereocenters. The Morgan fingerprint density at radius 2 is 1.79 bits per heavy atom. The molecule has 0 radical (unpaired) electrons. The van der Waals surface area contributed by atoms with Gasteiger partial charge < -0.3 is 15.7 Å². The van der Waals surface area contributed by atoms with E-state index in [1.165, 1.54) is 21.3 Å². The van der Waals surface area contributed by atoms with Gasteiger partial charge in [-0.3, -0.25) is 18.7 Å². The summed E-state index contributed by atoms with van der Waals surface area (Å²) in [5.74, 6) is -2.23. The number of hydrogen-bond donors (Lipinski definition) is 3. The van der Waals surface area contributed by atoms with Crippen LogP contribution in [0.3, 0.4) is 0 Å². The second-order valence-corrected chi connectivity index (χ2v) is 5.17. The van der Waals surface area contributed by atoms with Crippen molar-refractivity contribution >= 4 is 28.5 Å². The average molecular weight is 342 g/mol. The Bertz CT molecular complexity index is 843. The van der Waals surface area contributed by atoms with E-state index in [-0.39, 0.29) is 11.4 Å². The lowest BCUT2D eigenvalue weighted by Gasteiger charge is -2.10. The molecule has 8 nitrogen and oxygen atoms in total. The molecule has 0 saturated heterocycles. The number of aromatic nitrogens is 2. The summed E-state index contributed by atoms with van der Waals surface area (Å²) in [4.78, 5) is 35.1. The fourth-order valence-corrected chi connectivity index (χ4v) is 2.14. The van der Waals surface area contributed by atoms with Crippen molar-refractivity contribution in [3.05, 3.63) is 28.7 Å². The molecule has 1 atom stereocenters. The van der Waals surface area contributed by atoms with Gasteiger partial charge in [0.1, 0.15) is 6.10 Å². The Balaban J connectivity index is 2.09. The fourth-order valence-electron chi connectivity index (χ4n) is 2.14. The number of carbonyl (C=O) groups is 2. The minimum Gasteiger partial charge on any atom is -0.385 e. The lowest BCUT2D eigenvalue weighted by atomic mass is 10.2. The van der Waals surface area contributed by atoms with Gasteiger partial charge in [0.15, 0.2) is 0 Å². The Morgan fingerprint density at radius 1 is 1.17 bits per heavy atom. The number of fused-ring (bicyclic) bond motifs is 1. The maximum absolute atomic E-state index is 12.1. The van der Waals surface area contributed by atoms with Gasteiger partial charge in [0.25, 0.3) is 6.43 Å². The van der Waals surface area contributed by atoms with Crippen LogP contribution in [0.25, 0.3) is 11.0 Å². The molecule has 0 aliphatic heterocycles. The highest BCUT2D eigenvalue weighted by Gasteiger charge is 2.20. The summed E-state index contributed by atoms with van der Waals surface area (Å²) in [6, 6.07) is 4.61. The topological polar surface area (TPSA) is 105 Å². The van der Waals surface area contributed by atoms with Crippen molar-refractivity contribution in [1.82, 2.24) is 14.5 Å². The molecule has 0 aliphatic rings. The van der Waals surface area contributed by atoms with Crippen LogP contribution < -0.4 is 16.3 Å². The van der Waals surface area contributed by atoms with Crippen molar-refractivity contribution in [2.24, 2.45) is 14.1 Å². The van der Waals surface area contributed by atoms with Crippen LogP contribution in [-0.4, -0.2) is 45.1 Å². The normalized spacial score (nSPS) is 12.4. The quantitative estimate of drug-likeness (QED) is 0.655. The van der Waals surface area contributed by atoms with Gasteiger partial charge in [-0.2, -0.15) is 0 Å². The van der Waals surface area contributed by atoms with Gasteiger partial charge in [-0.25, -0.2) is 13.6 Å². The molecule has 3 N–H and O–H groups in total. The van der Waals surface area contributed by atoms with Gasteiger partial charge in [-0.1, -0.05) is 0 Å². The van der Waals surface area contributed by atoms with Gasteiger partial charge in [-0.05, 0) is 18.2 Å². The van der Waals surface area contributed by atoms with E-state index < -0.39 is 30.9 Å². The maximum atomic E-state index is 12.1. The Hall–Kier alpha value is -2.75. The third kappa shape index (κ3) is 3.43. The van der Waals surface area contributed by atoms with Crippen LogP contribution >= 0.6 is 0 Å². The second-order valence-electron chi connectivity index (χ2n) is 5.17. The predicted octanol–water partition coefficient (Wildman–Crippen LogP) is -0.442. The number of anilines is 1. The number of aliphatic hydroxyl groups is 1. The standard InChI is InChI=1S/C14H16F2N4O4/c1-19-8-4-3-7(5-9(8)20(2)14(19)24)18-13(23)12(22)17-6-10(21)11(15)16/h3-5,10-11,21H,6H2,1-2H3,(H,17,22)(H,18,23). The first-order valence-electron chi connectivity index (χ1n) is 6.93. The molecular weight excluding hydrogens is 326 g/mol. The van der Waals surface area contributed by atoms with Gasteiger partial charge in [-0.15, -0.1) is 0 Å². The van der Waals surface area contributed by atoms with Gasteiger partial charge >= 0.3 is 17.5 Å². The summed E-state index contributed by atoms with van der Waals surface area (Å²) in [6.45, 7) is -0.740. The molecule has 1 aromatic carbocycles. The van der Waals surface area contributed by atoms with E-state index >= 15 is 0 Å². The molecule has 0 bridgehead atoms. The molecule has 10 heteroatoms. The van der Waals surface area contributed by atoms with Crippen LogP contribution in [0.1, 0.15) is 0 Å². The van der Waals surface area contributed by atoms with Crippen LogP contribution in [0, 0.1) is 0 Å². The van der Waals surface area contributed by atoms with Crippen molar-refractivity contribution < 1.29 is 23.5 Å². The summed E-state index contributed by atoms with van der Waals surface area (Å²) in [6.07, 6.45) is -5.06. The number of benzene rings is 1. The number of imidazole rings is 1. The number of nitrogens with zero attached hydrogens (tertiary/aromatic N) is 2. The molecule has 2 rings (SSSR count). The fraction of sp³-hybridized carbons (Fsp3) is 0.357. The molecule has 130 valence electrons. The average Bonchev–Trinajstić information content (AvgIpc) is 2.76. The number of halogens is 2. The SMILES string of the molecule is Cn1c(=O)n(C)c2cc(NC(=O)C(=O)NCC(O)C(F)F)ccc21. The lowest BCUT2D eigenvalue weighted by molar-refractivity contribution is -0.136. The van der Waals surface area contributed by atoms with E-state index in [4.69, 9.17) is 5.11 Å². The molecule has 24 heavy (non-hydrogen) atoms. The Labute approximate surface area is 134 Å². The molecule has 2 amide bonds. The number of alkyl halides is 2. The largest absolute Gasteiger partial charge is 0.385 e. The van der Waals surface area contributed by atoms with Crippen molar-refractivity contribution in [1.29, 1.82) is 0 Å². The van der Waals surface area contributed by atoms with Gasteiger partial charge in [0.05, 0.1) is 11.0 Å². The first-order valence-corrected chi connectivity index (χ1v) is 6.93. The highest BCUT2D eigenvalue weighted by atomic mass is 19.3. The van der Waals surface area contributed by atoms with E-state index in [2.05, 4.69) is 5.32 Å². The van der Waals surface area contributed by atoms with Crippen molar-refractivity contribution in [2.75, 3.05) is 11.9 Å². The van der Waals surface area contributed by atoms with Crippen molar-refractivity contribution in [2.45, 2.75) is 12.5 Å². The lowest BCUT2D eigenvalue weighted by Crippen LogP contribution is -2.41. The first-order chi connectivity index (χ1) is 11.2. The van der Waals surface area contributed by atoms with E-state index in [0.29, 0.717) is 11.0 Å². The number of amides is 2. The van der Waals surface area contributed by atoms with Crippen LogP contribution in [0.2, 0.25) is 0 Å². The number of aliphatic hydroxyl groups excluding tert-OH is 1. The summed E-state index contributed by atoms with van der Waals surface area (Å²) < 4.78 is 27.0. The van der Waals surface area contributed by atoms with Gasteiger partial charge in [0, 0.05) is 26.3 Å². The Kier molecular flexibility index (Phi) is 4.98. The second kappa shape index (κ2) is 6.79. The molecule has 0 fully saturated rings. The van der Waals surface area contributed by atoms with E-state index in [0.717, 1.165) is 0 Å². The molecule has 0 saturated carbocycles. The molecule has 2 aromatic rings. The van der Waals surface area contributed by atoms with Crippen molar-refractivity contribution in [3.8, 4) is 0 Å². The van der Waals surface area contributed by atoms with E-state index in [9.17, 15) is 23.2 Å². The molecule has 0 spiro atoms. The van der Waals surface area contributed by atoms with Gasteiger partial charge in [0.2, 0.25) is 0 Å². The number of aryl methyl sites for hydroxylation is 2. The third-order valence-corrected chi connectivity index (χ3v) is 3.50. The highest BCUT2D eigenvalue weighted by molar-refractivity contribution is 6.39. The predicted molar refractivity (Wildman–Crippen MR) is 81.8 cm³/mol. The van der Waals surface area contributed by atoms with Crippen molar-refractivity contribution in [3.63, 3.8) is 0 Å². The molecular formula is C14H16F2N4O4. The first kappa shape index (κ1) is 17.6. The molecule has 0 aliphatic carbocycles. The van der Waals surface area contributed by atoms with Crippen LogP contribution in [-0.2, 0) is 23.7 Å². The molecule has 1 heterocycles. The summed E-state index contributed by atoms with van der Waals surface area (Å²) in [5.41, 5.74) is 1.21. The number of rotatable bonds is 4. The summed E-state index contributed by atoms with van der Waals surface area (Å²) >= 11 is 0. The number of carbonyl (C=O) groups excluding carboxylic acids is 2. The van der Waals surface area contributed by atoms with E-state index in [1.807, 2.05) is 5.32 Å². The number of hydrogen-bond acceptors (Lipinski definition) is 4. The minimum atomic E-state index is -3.02. The smallest absolute Gasteiger partial charge is 0.328 e. The number of nitrogens with one attached hydrogen (secondary N) is 2. The van der Waals surface area contributed by atoms with E-state index in [1.54, 1.807) is 20.2 Å². The summed E-state index contributed by atoms with van der Waals surface area (Å²) in [5, 5.41) is 13.1. The summed E-state index contributed by atoms with van der Waals surface area (Å²) in [7, 11) is 3.17. The third-order valence-electron chi connectivity index (χ3n) is 3.50. The zero-order valence-corrected chi connectivity index (χ0v) is 12.9. The Morgan fingerprint density at radius 3 is 2.42 bits per heavy atom. The maximum Gasteiger partial charge on any atom is 0.328 e. The zero-order valence-electron chi connectivity index (χ0n) is 12.9. The zero-order chi connectivity index (χ0) is 18.0. The minimum absolute atomic E-state index is 0.243. The van der Waals surface area contributed by atoms with Crippen LogP contribution in [0.15, 0.2) is 23.0 Å². The molecule has 1 aromatic heterocycles. The highest BCUT2D eigenvalue weighted by Crippen LogP contribution is 2.17. The van der Waals surface area contributed by atoms with Crippen LogP contribution in [0.4, 0.5) is 14.5 Å².